The number of hydrogen-bond donors (Lipinski definition) is 1. The molecule has 3 atom stereocenters. The van der Waals surface area contributed by atoms with Crippen molar-refractivity contribution < 1.29 is 41.9 Å². The summed E-state index contributed by atoms with van der Waals surface area (Å²) in [4.78, 5) is 34.7. The Labute approximate surface area is 224 Å². The SMILES string of the molecule is C[N+]1(CC(=O)c2ccccc2)CC[C@@H](OC(=O)C(Nc2ccccc2)c2ccccc2)C1.O=C([O-])C(F)(F)F. The first-order valence-electron chi connectivity index (χ1n) is 12.2. The molecule has 2 unspecified atom stereocenters. The van der Waals surface area contributed by atoms with E-state index in [2.05, 4.69) is 12.4 Å². The zero-order chi connectivity index (χ0) is 28.5. The van der Waals surface area contributed by atoms with E-state index >= 15 is 0 Å². The molecule has 7 nitrogen and oxygen atoms in total. The summed E-state index contributed by atoms with van der Waals surface area (Å²) in [5.41, 5.74) is 2.44. The number of carboxylic acid groups (broad SMARTS) is 1. The highest BCUT2D eigenvalue weighted by molar-refractivity contribution is 5.96. The molecule has 1 fully saturated rings. The summed E-state index contributed by atoms with van der Waals surface area (Å²) in [5.74, 6) is -3.19. The maximum absolute atomic E-state index is 13.2. The molecule has 10 heteroatoms. The number of ketones is 1. The van der Waals surface area contributed by atoms with E-state index in [-0.39, 0.29) is 17.9 Å². The minimum absolute atomic E-state index is 0.119. The Bertz CT molecular complexity index is 1240. The van der Waals surface area contributed by atoms with Crippen molar-refractivity contribution in [3.8, 4) is 0 Å². The lowest BCUT2D eigenvalue weighted by Crippen LogP contribution is -2.46. The Hall–Kier alpha value is -4.18. The van der Waals surface area contributed by atoms with Crippen LogP contribution in [-0.2, 0) is 14.3 Å². The minimum atomic E-state index is -5.19. The second-order valence-electron chi connectivity index (χ2n) is 9.46. The van der Waals surface area contributed by atoms with Crippen LogP contribution in [-0.4, -0.2) is 61.2 Å². The van der Waals surface area contributed by atoms with Gasteiger partial charge in [-0.25, -0.2) is 4.79 Å². The third kappa shape index (κ3) is 8.96. The Morgan fingerprint density at radius 1 is 0.949 bits per heavy atom. The number of carbonyl (C=O) groups excluding carboxylic acids is 3. The molecule has 1 saturated heterocycles. The molecule has 1 heterocycles. The standard InChI is InChI=1S/C27H29N2O3.C2HF3O2/c1-29(20-25(30)21-11-5-2-6-12-21)18-17-24(19-29)32-27(31)26(22-13-7-3-8-14-22)28-23-15-9-4-10-16-23;3-2(4,5)1(6)7/h2-16,24,26,28H,17-20H2,1H3;(H,6,7)/q+1;/p-1/t24-,26?,29?;/m1./s1. The first-order chi connectivity index (χ1) is 18.5. The molecule has 206 valence electrons. The molecule has 0 radical (unpaired) electrons. The van der Waals surface area contributed by atoms with E-state index in [4.69, 9.17) is 14.6 Å². The van der Waals surface area contributed by atoms with Gasteiger partial charge in [0.25, 0.3) is 0 Å². The number of halogens is 3. The number of rotatable bonds is 8. The summed E-state index contributed by atoms with van der Waals surface area (Å²) in [6.07, 6.45) is -4.66. The molecular weight excluding hydrogens is 513 g/mol. The number of nitrogens with one attached hydrogen (secondary N) is 1. The average molecular weight is 543 g/mol. The highest BCUT2D eigenvalue weighted by Gasteiger charge is 2.39. The second-order valence-corrected chi connectivity index (χ2v) is 9.46. The summed E-state index contributed by atoms with van der Waals surface area (Å²) in [7, 11) is 2.06. The van der Waals surface area contributed by atoms with Crippen LogP contribution in [0.5, 0.6) is 0 Å². The van der Waals surface area contributed by atoms with Crippen LogP contribution in [0, 0.1) is 0 Å². The second kappa shape index (κ2) is 13.1. The number of likely N-dealkylation sites (tertiary alicyclic amines) is 1. The van der Waals surface area contributed by atoms with Gasteiger partial charge in [-0.3, -0.25) is 4.79 Å². The van der Waals surface area contributed by atoms with Gasteiger partial charge >= 0.3 is 12.1 Å². The first kappa shape index (κ1) is 29.4. The van der Waals surface area contributed by atoms with Gasteiger partial charge in [-0.1, -0.05) is 78.9 Å². The highest BCUT2D eigenvalue weighted by atomic mass is 19.4. The normalized spacial score (nSPS) is 19.2. The van der Waals surface area contributed by atoms with Crippen molar-refractivity contribution in [1.29, 1.82) is 0 Å². The summed E-state index contributed by atoms with van der Waals surface area (Å²) in [6.45, 7) is 1.85. The average Bonchev–Trinajstić information content (AvgIpc) is 3.28. The largest absolute Gasteiger partial charge is 0.542 e. The number of Topliss-reactive ketones (excluding diaryl/α,β-unsaturated/α-hetero) is 1. The van der Waals surface area contributed by atoms with Crippen LogP contribution in [0.4, 0.5) is 18.9 Å². The van der Waals surface area contributed by atoms with Crippen molar-refractivity contribution in [2.45, 2.75) is 24.7 Å². The van der Waals surface area contributed by atoms with E-state index in [1.165, 1.54) is 0 Å². The quantitative estimate of drug-likeness (QED) is 0.265. The number of quaternary nitrogens is 1. The fourth-order valence-corrected chi connectivity index (χ4v) is 4.29. The zero-order valence-electron chi connectivity index (χ0n) is 21.3. The molecule has 0 bridgehead atoms. The zero-order valence-corrected chi connectivity index (χ0v) is 21.3. The molecule has 39 heavy (non-hydrogen) atoms. The lowest BCUT2D eigenvalue weighted by molar-refractivity contribution is -0.890. The molecule has 4 rings (SSSR count). The van der Waals surface area contributed by atoms with Gasteiger partial charge in [0.15, 0.2) is 12.1 Å². The van der Waals surface area contributed by atoms with Crippen molar-refractivity contribution in [2.24, 2.45) is 0 Å². The lowest BCUT2D eigenvalue weighted by Gasteiger charge is -2.29. The van der Waals surface area contributed by atoms with Gasteiger partial charge in [-0.15, -0.1) is 0 Å². The summed E-state index contributed by atoms with van der Waals surface area (Å²) >= 11 is 0. The highest BCUT2D eigenvalue weighted by Crippen LogP contribution is 2.25. The van der Waals surface area contributed by atoms with Gasteiger partial charge < -0.3 is 24.4 Å². The third-order valence-corrected chi connectivity index (χ3v) is 6.22. The van der Waals surface area contributed by atoms with Crippen LogP contribution in [0.1, 0.15) is 28.4 Å². The number of carboxylic acids is 1. The molecule has 3 aromatic carbocycles. The topological polar surface area (TPSA) is 95.5 Å². The van der Waals surface area contributed by atoms with Gasteiger partial charge in [0.05, 0.1) is 13.6 Å². The number of aliphatic carboxylic acids is 1. The van der Waals surface area contributed by atoms with E-state index in [1.807, 2.05) is 91.0 Å². The number of hydrogen-bond acceptors (Lipinski definition) is 6. The molecule has 1 aliphatic heterocycles. The van der Waals surface area contributed by atoms with Gasteiger partial charge in [-0.05, 0) is 17.7 Å². The number of ether oxygens (including phenoxy) is 1. The van der Waals surface area contributed by atoms with Crippen molar-refractivity contribution in [3.05, 3.63) is 102 Å². The fourth-order valence-electron chi connectivity index (χ4n) is 4.29. The number of nitrogens with zero attached hydrogens (tertiary/aromatic N) is 1. The Morgan fingerprint density at radius 2 is 1.46 bits per heavy atom. The molecule has 0 aliphatic carbocycles. The molecule has 0 spiro atoms. The van der Waals surface area contributed by atoms with Crippen LogP contribution in [0.25, 0.3) is 0 Å². The Kier molecular flexibility index (Phi) is 9.84. The van der Waals surface area contributed by atoms with Gasteiger partial charge in [0, 0.05) is 17.7 Å². The number of alkyl halides is 3. The summed E-state index contributed by atoms with van der Waals surface area (Å²) in [6, 6.07) is 28.1. The molecule has 1 N–H and O–H groups in total. The van der Waals surface area contributed by atoms with Crippen LogP contribution >= 0.6 is 0 Å². The maximum Gasteiger partial charge on any atom is 0.430 e. The fraction of sp³-hybridized carbons (Fsp3) is 0.276. The predicted octanol–water partition coefficient (Wildman–Crippen LogP) is 3.78. The first-order valence-corrected chi connectivity index (χ1v) is 12.2. The number of likely N-dealkylation sites (N-methyl/N-ethyl adjacent to an activating group) is 1. The van der Waals surface area contributed by atoms with Crippen molar-refractivity contribution in [2.75, 3.05) is 32.0 Å². The molecular formula is C29H29F3N2O5. The van der Waals surface area contributed by atoms with Crippen LogP contribution in [0.2, 0.25) is 0 Å². The van der Waals surface area contributed by atoms with Gasteiger partial charge in [0.2, 0.25) is 5.78 Å². The van der Waals surface area contributed by atoms with Crippen molar-refractivity contribution in [3.63, 3.8) is 0 Å². The number of esters is 1. The maximum atomic E-state index is 13.2. The smallest absolute Gasteiger partial charge is 0.430 e. The molecule has 0 saturated carbocycles. The lowest BCUT2D eigenvalue weighted by atomic mass is 10.1. The minimum Gasteiger partial charge on any atom is -0.542 e. The predicted molar refractivity (Wildman–Crippen MR) is 136 cm³/mol. The van der Waals surface area contributed by atoms with Crippen LogP contribution in [0.3, 0.4) is 0 Å². The Morgan fingerprint density at radius 3 is 2.00 bits per heavy atom. The molecule has 0 aromatic heterocycles. The van der Waals surface area contributed by atoms with Gasteiger partial charge in [-0.2, -0.15) is 13.2 Å². The van der Waals surface area contributed by atoms with Crippen molar-refractivity contribution in [1.82, 2.24) is 0 Å². The van der Waals surface area contributed by atoms with E-state index < -0.39 is 18.2 Å². The number of benzene rings is 3. The monoisotopic (exact) mass is 542 g/mol. The Balaban J connectivity index is 0.000000532. The number of carbonyl (C=O) groups is 3. The van der Waals surface area contributed by atoms with Gasteiger partial charge in [0.1, 0.15) is 19.1 Å². The number of para-hydroxylation sites is 1. The van der Waals surface area contributed by atoms with E-state index in [0.717, 1.165) is 29.8 Å². The third-order valence-electron chi connectivity index (χ3n) is 6.22. The molecule has 0 amide bonds. The molecule has 3 aromatic rings. The van der Waals surface area contributed by atoms with E-state index in [9.17, 15) is 22.8 Å². The number of anilines is 1. The molecule has 1 aliphatic rings. The van der Waals surface area contributed by atoms with E-state index in [0.29, 0.717) is 17.6 Å². The van der Waals surface area contributed by atoms with Crippen molar-refractivity contribution >= 4 is 23.4 Å². The summed E-state index contributed by atoms with van der Waals surface area (Å²) in [5, 5.41) is 12.1. The van der Waals surface area contributed by atoms with Crippen LogP contribution in [0.15, 0.2) is 91.0 Å². The van der Waals surface area contributed by atoms with E-state index in [1.54, 1.807) is 0 Å². The summed E-state index contributed by atoms with van der Waals surface area (Å²) < 4.78 is 38.1. The van der Waals surface area contributed by atoms with Crippen LogP contribution < -0.4 is 10.4 Å².